The van der Waals surface area contributed by atoms with E-state index in [1.54, 1.807) is 12.3 Å². The highest BCUT2D eigenvalue weighted by atomic mass is 14.8. The van der Waals surface area contributed by atoms with Crippen molar-refractivity contribution in [1.82, 2.24) is 9.97 Å². The first-order valence-electron chi connectivity index (χ1n) is 6.18. The first-order chi connectivity index (χ1) is 9.35. The van der Waals surface area contributed by atoms with Gasteiger partial charge in [0.25, 0.3) is 0 Å². The molecule has 19 heavy (non-hydrogen) atoms. The van der Waals surface area contributed by atoms with E-state index in [1.165, 1.54) is 0 Å². The molecule has 0 aliphatic heterocycles. The number of rotatable bonds is 4. The van der Waals surface area contributed by atoms with Gasteiger partial charge in [0, 0.05) is 18.0 Å². The fourth-order valence-electron chi connectivity index (χ4n) is 1.78. The smallest absolute Gasteiger partial charge is 0.0886 e. The van der Waals surface area contributed by atoms with E-state index in [2.05, 4.69) is 16.5 Å². The summed E-state index contributed by atoms with van der Waals surface area (Å²) in [5.41, 5.74) is 3.92. The number of nitrogens with zero attached hydrogens (tertiary/aromatic N) is 2. The van der Waals surface area contributed by atoms with Gasteiger partial charge in [-0.1, -0.05) is 43.0 Å². The van der Waals surface area contributed by atoms with E-state index in [1.807, 2.05) is 61.7 Å². The summed E-state index contributed by atoms with van der Waals surface area (Å²) in [6.07, 6.45) is 11.4. The summed E-state index contributed by atoms with van der Waals surface area (Å²) in [5.74, 6) is 0. The monoisotopic (exact) mass is 248 g/mol. The van der Waals surface area contributed by atoms with Gasteiger partial charge in [0.05, 0.1) is 11.4 Å². The first kappa shape index (κ1) is 13.0. The average molecular weight is 248 g/mol. The lowest BCUT2D eigenvalue weighted by Gasteiger charge is -2.04. The highest BCUT2D eigenvalue weighted by Gasteiger charge is 2.01. The van der Waals surface area contributed by atoms with Gasteiger partial charge in [-0.05, 0) is 30.7 Å². The largest absolute Gasteiger partial charge is 0.255 e. The third kappa shape index (κ3) is 3.26. The molecule has 94 valence electrons. The quantitative estimate of drug-likeness (QED) is 0.754. The van der Waals surface area contributed by atoms with E-state index in [0.29, 0.717) is 0 Å². The van der Waals surface area contributed by atoms with E-state index in [9.17, 15) is 0 Å². The molecule has 0 spiro atoms. The van der Waals surface area contributed by atoms with Crippen LogP contribution in [0.1, 0.15) is 12.5 Å². The molecule has 2 nitrogen and oxygen atoms in total. The second kappa shape index (κ2) is 6.45. The van der Waals surface area contributed by atoms with E-state index in [0.717, 1.165) is 22.5 Å². The van der Waals surface area contributed by atoms with Crippen molar-refractivity contribution in [3.63, 3.8) is 0 Å². The molecule has 2 rings (SSSR count). The van der Waals surface area contributed by atoms with Gasteiger partial charge in [-0.15, -0.1) is 0 Å². The minimum Gasteiger partial charge on any atom is -0.255 e. The van der Waals surface area contributed by atoms with Gasteiger partial charge >= 0.3 is 0 Å². The highest BCUT2D eigenvalue weighted by Crippen LogP contribution is 2.19. The van der Waals surface area contributed by atoms with E-state index in [-0.39, 0.29) is 0 Å². The lowest BCUT2D eigenvalue weighted by atomic mass is 10.1. The number of allylic oxidation sites excluding steroid dienone is 5. The maximum Gasteiger partial charge on any atom is 0.0886 e. The SMILES string of the molecule is C=C/C=C(\C=C/C)c1ccc(-c2ccccn2)nc1. The highest BCUT2D eigenvalue weighted by molar-refractivity contribution is 5.75. The second-order valence-electron chi connectivity index (χ2n) is 4.00. The van der Waals surface area contributed by atoms with Crippen LogP contribution in [0.3, 0.4) is 0 Å². The van der Waals surface area contributed by atoms with Crippen LogP contribution in [-0.4, -0.2) is 9.97 Å². The van der Waals surface area contributed by atoms with Gasteiger partial charge in [-0.2, -0.15) is 0 Å². The van der Waals surface area contributed by atoms with Crippen molar-refractivity contribution in [2.24, 2.45) is 0 Å². The Hall–Kier alpha value is -2.48. The van der Waals surface area contributed by atoms with Crippen LogP contribution in [0.5, 0.6) is 0 Å². The standard InChI is InChI=1S/C17H16N2/c1-3-7-14(8-4-2)15-10-11-17(19-13-15)16-9-5-6-12-18-16/h3-13H,1H2,2H3/b8-4-,14-7+. The molecule has 2 aromatic heterocycles. The van der Waals surface area contributed by atoms with Crippen molar-refractivity contribution in [2.75, 3.05) is 0 Å². The summed E-state index contributed by atoms with van der Waals surface area (Å²) in [6.45, 7) is 5.73. The zero-order valence-electron chi connectivity index (χ0n) is 11.0. The molecule has 0 bridgehead atoms. The molecule has 0 saturated heterocycles. The van der Waals surface area contributed by atoms with Crippen molar-refractivity contribution in [1.29, 1.82) is 0 Å². The van der Waals surface area contributed by atoms with Gasteiger partial charge in [-0.3, -0.25) is 9.97 Å². The fourth-order valence-corrected chi connectivity index (χ4v) is 1.78. The molecule has 2 heterocycles. The van der Waals surface area contributed by atoms with Crippen LogP contribution >= 0.6 is 0 Å². The zero-order valence-corrected chi connectivity index (χ0v) is 11.0. The molecule has 0 N–H and O–H groups in total. The lowest BCUT2D eigenvalue weighted by molar-refractivity contribution is 1.24. The van der Waals surface area contributed by atoms with Crippen LogP contribution in [-0.2, 0) is 0 Å². The van der Waals surface area contributed by atoms with Crippen molar-refractivity contribution >= 4 is 5.57 Å². The summed E-state index contributed by atoms with van der Waals surface area (Å²) in [6, 6.07) is 9.84. The summed E-state index contributed by atoms with van der Waals surface area (Å²) >= 11 is 0. The Labute approximate surface area is 113 Å². The molecule has 0 aliphatic carbocycles. The molecule has 0 atom stereocenters. The van der Waals surface area contributed by atoms with Crippen LogP contribution in [0.25, 0.3) is 17.0 Å². The molecular formula is C17H16N2. The van der Waals surface area contributed by atoms with Crippen molar-refractivity contribution in [3.8, 4) is 11.4 Å². The Morgan fingerprint density at radius 3 is 2.53 bits per heavy atom. The van der Waals surface area contributed by atoms with E-state index < -0.39 is 0 Å². The van der Waals surface area contributed by atoms with Gasteiger partial charge in [0.1, 0.15) is 0 Å². The normalized spacial score (nSPS) is 11.7. The number of hydrogen-bond acceptors (Lipinski definition) is 2. The number of aromatic nitrogens is 2. The Bertz CT molecular complexity index is 593. The van der Waals surface area contributed by atoms with Crippen molar-refractivity contribution in [2.45, 2.75) is 6.92 Å². The van der Waals surface area contributed by atoms with E-state index in [4.69, 9.17) is 0 Å². The van der Waals surface area contributed by atoms with Gasteiger partial charge in [0.2, 0.25) is 0 Å². The van der Waals surface area contributed by atoms with Crippen LogP contribution in [0.4, 0.5) is 0 Å². The molecular weight excluding hydrogens is 232 g/mol. The van der Waals surface area contributed by atoms with Crippen LogP contribution in [0.15, 0.2) is 73.6 Å². The molecule has 0 amide bonds. The topological polar surface area (TPSA) is 25.8 Å². The van der Waals surface area contributed by atoms with E-state index >= 15 is 0 Å². The summed E-state index contributed by atoms with van der Waals surface area (Å²) in [5, 5.41) is 0. The second-order valence-corrected chi connectivity index (χ2v) is 4.00. The lowest BCUT2D eigenvalue weighted by Crippen LogP contribution is -1.88. The summed E-state index contributed by atoms with van der Waals surface area (Å²) < 4.78 is 0. The molecule has 0 unspecified atom stereocenters. The average Bonchev–Trinajstić information content (AvgIpc) is 2.48. The molecule has 0 fully saturated rings. The van der Waals surface area contributed by atoms with Crippen LogP contribution in [0, 0.1) is 0 Å². The zero-order chi connectivity index (χ0) is 13.5. The molecule has 2 aromatic rings. The Morgan fingerprint density at radius 2 is 1.95 bits per heavy atom. The summed E-state index contributed by atoms with van der Waals surface area (Å²) in [7, 11) is 0. The first-order valence-corrected chi connectivity index (χ1v) is 6.18. The predicted molar refractivity (Wildman–Crippen MR) is 80.5 cm³/mol. The van der Waals surface area contributed by atoms with Gasteiger partial charge < -0.3 is 0 Å². The molecule has 2 heteroatoms. The van der Waals surface area contributed by atoms with Gasteiger partial charge in [0.15, 0.2) is 0 Å². The third-order valence-corrected chi connectivity index (χ3v) is 2.67. The third-order valence-electron chi connectivity index (χ3n) is 2.67. The maximum atomic E-state index is 4.46. The minimum atomic E-state index is 0.878. The fraction of sp³-hybridized carbons (Fsp3) is 0.0588. The Balaban J connectivity index is 2.33. The van der Waals surface area contributed by atoms with Gasteiger partial charge in [-0.25, -0.2) is 0 Å². The molecule has 0 aromatic carbocycles. The number of hydrogen-bond donors (Lipinski definition) is 0. The maximum absolute atomic E-state index is 4.46. The molecule has 0 saturated carbocycles. The van der Waals surface area contributed by atoms with Crippen molar-refractivity contribution < 1.29 is 0 Å². The molecule has 0 aliphatic rings. The Kier molecular flexibility index (Phi) is 4.40. The van der Waals surface area contributed by atoms with Crippen LogP contribution in [0.2, 0.25) is 0 Å². The Morgan fingerprint density at radius 1 is 1.11 bits per heavy atom. The molecule has 0 radical (unpaired) electrons. The van der Waals surface area contributed by atoms with Crippen molar-refractivity contribution in [3.05, 3.63) is 79.2 Å². The minimum absolute atomic E-state index is 0.878. The summed E-state index contributed by atoms with van der Waals surface area (Å²) in [4.78, 5) is 8.75. The van der Waals surface area contributed by atoms with Crippen LogP contribution < -0.4 is 0 Å². The number of pyridine rings is 2. The predicted octanol–water partition coefficient (Wildman–Crippen LogP) is 4.29.